The van der Waals surface area contributed by atoms with Crippen LogP contribution in [0.5, 0.6) is 0 Å². The van der Waals surface area contributed by atoms with Crippen LogP contribution in [0.1, 0.15) is 16.6 Å². The van der Waals surface area contributed by atoms with Crippen LogP contribution in [0, 0.1) is 5.92 Å². The highest BCUT2D eigenvalue weighted by Gasteiger charge is 2.06. The topological polar surface area (TPSA) is 29.1 Å². The van der Waals surface area contributed by atoms with Gasteiger partial charge >= 0.3 is 0 Å². The lowest BCUT2D eigenvalue weighted by atomic mass is 10.2. The van der Waals surface area contributed by atoms with Gasteiger partial charge in [-0.15, -0.1) is 11.3 Å². The van der Waals surface area contributed by atoms with Gasteiger partial charge in [-0.1, -0.05) is 28.9 Å². The molecule has 1 rings (SSSR count). The molecular weight excluding hydrogens is 250 g/mol. The lowest BCUT2D eigenvalue weighted by Gasteiger charge is -2.07. The van der Waals surface area contributed by atoms with Gasteiger partial charge in [0.15, 0.2) is 0 Å². The van der Waals surface area contributed by atoms with Crippen molar-refractivity contribution in [1.82, 2.24) is 5.32 Å². The predicted octanol–water partition coefficient (Wildman–Crippen LogP) is 2.51. The summed E-state index contributed by atoms with van der Waals surface area (Å²) in [6, 6.07) is 3.71. The summed E-state index contributed by atoms with van der Waals surface area (Å²) in [5.41, 5.74) is 0. The first-order valence-electron chi connectivity index (χ1n) is 4.11. The summed E-state index contributed by atoms with van der Waals surface area (Å²) in [6.07, 6.45) is 0. The van der Waals surface area contributed by atoms with Crippen LogP contribution >= 0.6 is 27.3 Å². The second kappa shape index (κ2) is 5.40. The predicted molar refractivity (Wildman–Crippen MR) is 59.6 cm³/mol. The minimum Gasteiger partial charge on any atom is -0.351 e. The quantitative estimate of drug-likeness (QED) is 0.830. The monoisotopic (exact) mass is 261 g/mol. The molecule has 1 atom stereocenters. The van der Waals surface area contributed by atoms with Crippen molar-refractivity contribution in [2.45, 2.75) is 6.92 Å². The molecule has 1 N–H and O–H groups in total. The van der Waals surface area contributed by atoms with E-state index in [2.05, 4.69) is 28.2 Å². The highest BCUT2D eigenvalue weighted by Crippen LogP contribution is 2.08. The SMILES string of the molecule is CC(CBr)CNC(=O)c1cccs1. The van der Waals surface area contributed by atoms with Crippen LogP contribution in [-0.2, 0) is 0 Å². The van der Waals surface area contributed by atoms with Crippen molar-refractivity contribution in [2.24, 2.45) is 5.92 Å². The Hall–Kier alpha value is -0.350. The van der Waals surface area contributed by atoms with Crippen LogP contribution in [0.25, 0.3) is 0 Å². The Morgan fingerprint density at radius 1 is 1.77 bits per heavy atom. The van der Waals surface area contributed by atoms with Gasteiger partial charge in [-0.25, -0.2) is 0 Å². The van der Waals surface area contributed by atoms with E-state index in [1.54, 1.807) is 0 Å². The molecule has 0 radical (unpaired) electrons. The molecule has 0 aliphatic heterocycles. The summed E-state index contributed by atoms with van der Waals surface area (Å²) in [5, 5.41) is 5.70. The van der Waals surface area contributed by atoms with Crippen LogP contribution in [-0.4, -0.2) is 17.8 Å². The first-order valence-corrected chi connectivity index (χ1v) is 6.12. The first kappa shape index (κ1) is 10.7. The lowest BCUT2D eigenvalue weighted by Crippen LogP contribution is -2.28. The van der Waals surface area contributed by atoms with Gasteiger partial charge in [0.25, 0.3) is 5.91 Å². The maximum atomic E-state index is 11.4. The number of hydrogen-bond donors (Lipinski definition) is 1. The molecule has 1 heterocycles. The fourth-order valence-corrected chi connectivity index (χ4v) is 1.69. The van der Waals surface area contributed by atoms with Crippen molar-refractivity contribution in [3.05, 3.63) is 22.4 Å². The molecular formula is C9H12BrNOS. The second-order valence-corrected chi connectivity index (χ2v) is 4.54. The molecule has 72 valence electrons. The fraction of sp³-hybridized carbons (Fsp3) is 0.444. The van der Waals surface area contributed by atoms with E-state index in [9.17, 15) is 4.79 Å². The van der Waals surface area contributed by atoms with Gasteiger partial charge in [-0.2, -0.15) is 0 Å². The molecule has 0 aliphatic carbocycles. The molecule has 1 aromatic heterocycles. The molecule has 0 spiro atoms. The number of nitrogens with one attached hydrogen (secondary N) is 1. The maximum Gasteiger partial charge on any atom is 0.261 e. The number of hydrogen-bond acceptors (Lipinski definition) is 2. The van der Waals surface area contributed by atoms with Gasteiger partial charge in [-0.05, 0) is 17.4 Å². The first-order chi connectivity index (χ1) is 6.24. The molecule has 4 heteroatoms. The van der Waals surface area contributed by atoms with Crippen LogP contribution in [0.3, 0.4) is 0 Å². The zero-order valence-electron chi connectivity index (χ0n) is 7.42. The highest BCUT2D eigenvalue weighted by molar-refractivity contribution is 9.09. The van der Waals surface area contributed by atoms with E-state index in [1.165, 1.54) is 11.3 Å². The largest absolute Gasteiger partial charge is 0.351 e. The van der Waals surface area contributed by atoms with Crippen molar-refractivity contribution in [3.63, 3.8) is 0 Å². The van der Waals surface area contributed by atoms with E-state index in [4.69, 9.17) is 0 Å². The van der Waals surface area contributed by atoms with E-state index in [-0.39, 0.29) is 5.91 Å². The van der Waals surface area contributed by atoms with Crippen molar-refractivity contribution in [2.75, 3.05) is 11.9 Å². The van der Waals surface area contributed by atoms with Crippen molar-refractivity contribution >= 4 is 33.2 Å². The molecule has 0 fully saturated rings. The molecule has 13 heavy (non-hydrogen) atoms. The van der Waals surface area contributed by atoms with E-state index in [1.807, 2.05) is 17.5 Å². The number of rotatable bonds is 4. The fourth-order valence-electron chi connectivity index (χ4n) is 0.816. The number of alkyl halides is 1. The van der Waals surface area contributed by atoms with Crippen molar-refractivity contribution in [1.29, 1.82) is 0 Å². The molecule has 0 saturated carbocycles. The number of carbonyl (C=O) groups excluding carboxylic acids is 1. The molecule has 0 aliphatic rings. The van der Waals surface area contributed by atoms with E-state index < -0.39 is 0 Å². The third kappa shape index (κ3) is 3.48. The lowest BCUT2D eigenvalue weighted by molar-refractivity contribution is 0.0953. The Bertz CT molecular complexity index is 261. The maximum absolute atomic E-state index is 11.4. The molecule has 0 saturated heterocycles. The summed E-state index contributed by atoms with van der Waals surface area (Å²) in [5.74, 6) is 0.506. The number of carbonyl (C=O) groups is 1. The van der Waals surface area contributed by atoms with E-state index >= 15 is 0 Å². The van der Waals surface area contributed by atoms with Crippen LogP contribution in [0.4, 0.5) is 0 Å². The molecule has 1 aromatic rings. The van der Waals surface area contributed by atoms with E-state index in [0.717, 1.165) is 16.8 Å². The van der Waals surface area contributed by atoms with Gasteiger partial charge in [0.1, 0.15) is 0 Å². The zero-order chi connectivity index (χ0) is 9.68. The molecule has 2 nitrogen and oxygen atoms in total. The summed E-state index contributed by atoms with van der Waals surface area (Å²) < 4.78 is 0. The summed E-state index contributed by atoms with van der Waals surface area (Å²) in [7, 11) is 0. The Kier molecular flexibility index (Phi) is 4.45. The number of amides is 1. The highest BCUT2D eigenvalue weighted by atomic mass is 79.9. The number of thiophene rings is 1. The second-order valence-electron chi connectivity index (χ2n) is 2.95. The average molecular weight is 262 g/mol. The van der Waals surface area contributed by atoms with Crippen molar-refractivity contribution < 1.29 is 4.79 Å². The summed E-state index contributed by atoms with van der Waals surface area (Å²) >= 11 is 4.83. The molecule has 1 amide bonds. The van der Waals surface area contributed by atoms with Crippen molar-refractivity contribution in [3.8, 4) is 0 Å². The normalized spacial score (nSPS) is 12.5. The Morgan fingerprint density at radius 2 is 2.54 bits per heavy atom. The third-order valence-corrected chi connectivity index (χ3v) is 3.59. The number of halogens is 1. The standard InChI is InChI=1S/C9H12BrNOS/c1-7(5-10)6-11-9(12)8-3-2-4-13-8/h2-4,7H,5-6H2,1H3,(H,11,12). The van der Waals surface area contributed by atoms with E-state index in [0.29, 0.717) is 5.92 Å². The van der Waals surface area contributed by atoms with Gasteiger partial charge in [0, 0.05) is 11.9 Å². The smallest absolute Gasteiger partial charge is 0.261 e. The minimum atomic E-state index is 0.0304. The molecule has 0 bridgehead atoms. The zero-order valence-corrected chi connectivity index (χ0v) is 9.82. The Labute approximate surface area is 90.5 Å². The molecule has 1 unspecified atom stereocenters. The summed E-state index contributed by atoms with van der Waals surface area (Å²) in [4.78, 5) is 12.2. The van der Waals surface area contributed by atoms with Crippen LogP contribution in [0.2, 0.25) is 0 Å². The van der Waals surface area contributed by atoms with Gasteiger partial charge in [0.2, 0.25) is 0 Å². The van der Waals surface area contributed by atoms with Gasteiger partial charge < -0.3 is 5.32 Å². The van der Waals surface area contributed by atoms with Gasteiger partial charge in [-0.3, -0.25) is 4.79 Å². The van der Waals surface area contributed by atoms with Crippen LogP contribution in [0.15, 0.2) is 17.5 Å². The molecule has 0 aromatic carbocycles. The minimum absolute atomic E-state index is 0.0304. The Morgan fingerprint density at radius 3 is 3.08 bits per heavy atom. The summed E-state index contributed by atoms with van der Waals surface area (Å²) in [6.45, 7) is 2.81. The third-order valence-electron chi connectivity index (χ3n) is 1.62. The average Bonchev–Trinajstić information content (AvgIpc) is 2.66. The Balaban J connectivity index is 2.35. The van der Waals surface area contributed by atoms with Crippen LogP contribution < -0.4 is 5.32 Å². The van der Waals surface area contributed by atoms with Gasteiger partial charge in [0.05, 0.1) is 4.88 Å².